The van der Waals surface area contributed by atoms with Gasteiger partial charge in [0.05, 0.1) is 24.3 Å². The largest absolute Gasteiger partial charge is 0.493 e. The monoisotopic (exact) mass is 320 g/mol. The Balaban J connectivity index is 3.41. The number of hydrogen-bond acceptors (Lipinski definition) is 4. The summed E-state index contributed by atoms with van der Waals surface area (Å²) in [6.45, 7) is 5.11. The Morgan fingerprint density at radius 1 is 1.15 bits per heavy atom. The summed E-state index contributed by atoms with van der Waals surface area (Å²) in [4.78, 5) is 0. The Morgan fingerprint density at radius 2 is 1.60 bits per heavy atom. The average molecular weight is 321 g/mol. The maximum atomic E-state index is 11.9. The van der Waals surface area contributed by atoms with Crippen LogP contribution in [-0.2, 0) is 9.84 Å². The zero-order valence-corrected chi connectivity index (χ0v) is 14.2. The van der Waals surface area contributed by atoms with Crippen molar-refractivity contribution in [1.29, 1.82) is 0 Å². The third-order valence-corrected chi connectivity index (χ3v) is 6.67. The maximum absolute atomic E-state index is 11.9. The number of halogens is 1. The van der Waals surface area contributed by atoms with E-state index in [0.29, 0.717) is 11.5 Å². The molecule has 1 atom stereocenters. The zero-order chi connectivity index (χ0) is 15.7. The molecule has 0 amide bonds. The second-order valence-corrected chi connectivity index (χ2v) is 8.33. The van der Waals surface area contributed by atoms with E-state index in [1.807, 2.05) is 6.92 Å². The van der Waals surface area contributed by atoms with Gasteiger partial charge in [0.2, 0.25) is 0 Å². The molecule has 0 spiro atoms. The topological polar surface area (TPSA) is 52.6 Å². The lowest BCUT2D eigenvalue weighted by Crippen LogP contribution is -2.35. The molecular formula is C14H21ClO4S. The van der Waals surface area contributed by atoms with Crippen LogP contribution in [0.2, 0.25) is 0 Å². The quantitative estimate of drug-likeness (QED) is 0.782. The Hall–Kier alpha value is -0.940. The van der Waals surface area contributed by atoms with E-state index in [-0.39, 0.29) is 0 Å². The van der Waals surface area contributed by atoms with Gasteiger partial charge in [-0.1, -0.05) is 0 Å². The summed E-state index contributed by atoms with van der Waals surface area (Å²) in [5, 5.41) is -0.683. The molecule has 6 heteroatoms. The average Bonchev–Trinajstić information content (AvgIpc) is 2.36. The molecule has 0 aromatic heterocycles. The molecule has 1 unspecified atom stereocenters. The van der Waals surface area contributed by atoms with E-state index >= 15 is 0 Å². The zero-order valence-electron chi connectivity index (χ0n) is 12.7. The summed E-state index contributed by atoms with van der Waals surface area (Å²) < 4.78 is 33.2. The van der Waals surface area contributed by atoms with Gasteiger partial charge in [0.15, 0.2) is 21.3 Å². The van der Waals surface area contributed by atoms with Crippen molar-refractivity contribution in [1.82, 2.24) is 0 Å². The van der Waals surface area contributed by atoms with Crippen LogP contribution in [0.1, 0.15) is 30.4 Å². The minimum atomic E-state index is -3.31. The molecule has 1 aromatic rings. The van der Waals surface area contributed by atoms with Crippen molar-refractivity contribution in [3.05, 3.63) is 23.3 Å². The highest BCUT2D eigenvalue weighted by Crippen LogP contribution is 2.42. The van der Waals surface area contributed by atoms with Crippen LogP contribution in [-0.4, -0.2) is 33.6 Å². The Morgan fingerprint density at radius 3 is 2.00 bits per heavy atom. The van der Waals surface area contributed by atoms with Crippen LogP contribution in [0.5, 0.6) is 11.5 Å². The van der Waals surface area contributed by atoms with Crippen LogP contribution in [0.15, 0.2) is 12.1 Å². The normalized spacial score (nSPS) is 13.9. The molecule has 0 saturated carbocycles. The van der Waals surface area contributed by atoms with Crippen molar-refractivity contribution >= 4 is 21.4 Å². The van der Waals surface area contributed by atoms with Gasteiger partial charge in [-0.3, -0.25) is 0 Å². The van der Waals surface area contributed by atoms with E-state index in [1.54, 1.807) is 33.1 Å². The predicted molar refractivity (Wildman–Crippen MR) is 81.8 cm³/mol. The molecule has 0 bridgehead atoms. The predicted octanol–water partition coefficient (Wildman–Crippen LogP) is 3.12. The fourth-order valence-corrected chi connectivity index (χ4v) is 3.06. The van der Waals surface area contributed by atoms with Crippen LogP contribution < -0.4 is 9.47 Å². The minimum absolute atomic E-state index is 0.531. The number of hydrogen-bond donors (Lipinski definition) is 0. The third kappa shape index (κ3) is 3.04. The van der Waals surface area contributed by atoms with E-state index in [4.69, 9.17) is 21.1 Å². The van der Waals surface area contributed by atoms with Crippen molar-refractivity contribution in [2.24, 2.45) is 0 Å². The molecular weight excluding hydrogens is 300 g/mol. The van der Waals surface area contributed by atoms with Crippen LogP contribution in [0.3, 0.4) is 0 Å². The molecule has 0 N–H and O–H groups in total. The van der Waals surface area contributed by atoms with Crippen LogP contribution in [0.4, 0.5) is 0 Å². The van der Waals surface area contributed by atoms with Gasteiger partial charge in [0, 0.05) is 6.26 Å². The van der Waals surface area contributed by atoms with Crippen LogP contribution in [0, 0.1) is 6.92 Å². The molecule has 1 aromatic carbocycles. The van der Waals surface area contributed by atoms with Crippen molar-refractivity contribution in [2.75, 3.05) is 20.5 Å². The number of rotatable bonds is 5. The lowest BCUT2D eigenvalue weighted by atomic mass is 9.96. The van der Waals surface area contributed by atoms with E-state index < -0.39 is 20.0 Å². The van der Waals surface area contributed by atoms with E-state index in [2.05, 4.69) is 0 Å². The van der Waals surface area contributed by atoms with Crippen molar-refractivity contribution in [2.45, 2.75) is 30.9 Å². The lowest BCUT2D eigenvalue weighted by molar-refractivity contribution is 0.354. The number of methoxy groups -OCH3 is 2. The van der Waals surface area contributed by atoms with Crippen LogP contribution >= 0.6 is 11.6 Å². The Labute approximate surface area is 126 Å². The highest BCUT2D eigenvalue weighted by Gasteiger charge is 2.39. The van der Waals surface area contributed by atoms with E-state index in [0.717, 1.165) is 11.1 Å². The first kappa shape index (κ1) is 17.1. The van der Waals surface area contributed by atoms with Crippen LogP contribution in [0.25, 0.3) is 0 Å². The summed E-state index contributed by atoms with van der Waals surface area (Å²) in [5.41, 5.74) is 1.58. The van der Waals surface area contributed by atoms with Gasteiger partial charge in [-0.2, -0.15) is 0 Å². The highest BCUT2D eigenvalue weighted by molar-refractivity contribution is 7.92. The van der Waals surface area contributed by atoms with Crippen molar-refractivity contribution in [3.8, 4) is 11.5 Å². The van der Waals surface area contributed by atoms with Gasteiger partial charge < -0.3 is 9.47 Å². The van der Waals surface area contributed by atoms with E-state index in [9.17, 15) is 8.42 Å². The second kappa shape index (κ2) is 5.82. The van der Waals surface area contributed by atoms with Gasteiger partial charge in [-0.05, 0) is 44.0 Å². The van der Waals surface area contributed by atoms with E-state index in [1.165, 1.54) is 13.4 Å². The molecule has 0 fully saturated rings. The standard InChI is InChI=1S/C14H21ClO4S/c1-9-7-11(18-4)12(19-5)8-10(9)13(15)14(2,3)20(6,16)17/h7-8,13H,1-6H3. The van der Waals surface area contributed by atoms with Crippen molar-refractivity contribution in [3.63, 3.8) is 0 Å². The smallest absolute Gasteiger partial charge is 0.161 e. The van der Waals surface area contributed by atoms with Crippen molar-refractivity contribution < 1.29 is 17.9 Å². The number of sulfone groups is 1. The first-order valence-corrected chi connectivity index (χ1v) is 8.45. The SMILES string of the molecule is COc1cc(C)c(C(Cl)C(C)(C)S(C)(=O)=O)cc1OC. The summed E-state index contributed by atoms with van der Waals surface area (Å²) in [6.07, 6.45) is 1.19. The molecule has 1 rings (SSSR count). The molecule has 0 aliphatic carbocycles. The first-order chi connectivity index (χ1) is 9.06. The molecule has 0 aliphatic rings. The molecule has 0 aliphatic heterocycles. The third-order valence-electron chi connectivity index (χ3n) is 3.61. The summed E-state index contributed by atoms with van der Waals surface area (Å²) >= 11 is 6.44. The molecule has 4 nitrogen and oxygen atoms in total. The lowest BCUT2D eigenvalue weighted by Gasteiger charge is -2.29. The number of benzene rings is 1. The molecule has 0 heterocycles. The van der Waals surface area contributed by atoms with Gasteiger partial charge in [0.1, 0.15) is 0 Å². The number of ether oxygens (including phenoxy) is 2. The van der Waals surface area contributed by atoms with Gasteiger partial charge in [-0.25, -0.2) is 8.42 Å². The van der Waals surface area contributed by atoms with Gasteiger partial charge in [0.25, 0.3) is 0 Å². The molecule has 0 radical (unpaired) electrons. The van der Waals surface area contributed by atoms with Gasteiger partial charge in [-0.15, -0.1) is 11.6 Å². The summed E-state index contributed by atoms with van der Waals surface area (Å²) in [6, 6.07) is 3.53. The highest BCUT2D eigenvalue weighted by atomic mass is 35.5. The number of alkyl halides is 1. The Bertz CT molecular complexity index is 593. The minimum Gasteiger partial charge on any atom is -0.493 e. The molecule has 114 valence electrons. The summed E-state index contributed by atoms with van der Waals surface area (Å²) in [5.74, 6) is 1.12. The first-order valence-electron chi connectivity index (χ1n) is 6.12. The molecule has 0 saturated heterocycles. The fourth-order valence-electron chi connectivity index (χ4n) is 1.83. The summed E-state index contributed by atoms with van der Waals surface area (Å²) in [7, 11) is -0.225. The second-order valence-electron chi connectivity index (χ2n) is 5.30. The maximum Gasteiger partial charge on any atom is 0.161 e. The fraction of sp³-hybridized carbons (Fsp3) is 0.571. The Kier molecular flexibility index (Phi) is 4.98. The molecule has 20 heavy (non-hydrogen) atoms. The number of aryl methyl sites for hydroxylation is 1. The van der Waals surface area contributed by atoms with Gasteiger partial charge >= 0.3 is 0 Å².